The molecule has 0 amide bonds. The van der Waals surface area contributed by atoms with Crippen molar-refractivity contribution in [2.24, 2.45) is 5.92 Å². The number of likely N-dealkylation sites (N-methyl/N-ethyl adjacent to an activating group) is 1. The molecule has 3 unspecified atom stereocenters. The van der Waals surface area contributed by atoms with Gasteiger partial charge in [0.2, 0.25) is 0 Å². The van der Waals surface area contributed by atoms with Gasteiger partial charge in [0.25, 0.3) is 0 Å². The lowest BCUT2D eigenvalue weighted by atomic mass is 9.78. The van der Waals surface area contributed by atoms with Crippen LogP contribution >= 0.6 is 0 Å². The Morgan fingerprint density at radius 1 is 1.45 bits per heavy atom. The van der Waals surface area contributed by atoms with E-state index in [9.17, 15) is 4.79 Å². The summed E-state index contributed by atoms with van der Waals surface area (Å²) in [6.07, 6.45) is 3.95. The molecule has 1 aliphatic rings. The summed E-state index contributed by atoms with van der Waals surface area (Å²) in [5.41, 5.74) is -0.496. The summed E-state index contributed by atoms with van der Waals surface area (Å²) in [7, 11) is 4.07. The van der Waals surface area contributed by atoms with Crippen molar-refractivity contribution in [2.45, 2.75) is 71.0 Å². The van der Waals surface area contributed by atoms with Gasteiger partial charge in [-0.1, -0.05) is 13.8 Å². The number of carbonyl (C=O) groups excluding carboxylic acids is 1. The van der Waals surface area contributed by atoms with E-state index in [4.69, 9.17) is 4.74 Å². The van der Waals surface area contributed by atoms with E-state index in [0.29, 0.717) is 24.6 Å². The molecule has 3 atom stereocenters. The van der Waals surface area contributed by atoms with Crippen molar-refractivity contribution in [3.8, 4) is 0 Å². The first kappa shape index (κ1) is 17.4. The molecule has 0 radical (unpaired) electrons. The first-order chi connectivity index (χ1) is 9.38. The molecule has 0 heterocycles. The number of rotatable bonds is 6. The van der Waals surface area contributed by atoms with Crippen molar-refractivity contribution in [3.05, 3.63) is 0 Å². The Hall–Kier alpha value is -0.610. The summed E-state index contributed by atoms with van der Waals surface area (Å²) in [6, 6.07) is 0.966. The molecule has 0 saturated heterocycles. The molecule has 0 spiro atoms. The van der Waals surface area contributed by atoms with Crippen LogP contribution in [0, 0.1) is 5.92 Å². The maximum atomic E-state index is 12.3. The highest BCUT2D eigenvalue weighted by molar-refractivity contribution is 5.81. The van der Waals surface area contributed by atoms with Gasteiger partial charge in [-0.15, -0.1) is 0 Å². The van der Waals surface area contributed by atoms with Crippen LogP contribution in [0.15, 0.2) is 0 Å². The second-order valence-electron chi connectivity index (χ2n) is 6.45. The quantitative estimate of drug-likeness (QED) is 0.761. The molecule has 0 aliphatic heterocycles. The summed E-state index contributed by atoms with van der Waals surface area (Å²) in [4.78, 5) is 14.8. The molecule has 1 aliphatic carbocycles. The predicted molar refractivity (Wildman–Crippen MR) is 82.7 cm³/mol. The van der Waals surface area contributed by atoms with Gasteiger partial charge in [-0.05, 0) is 59.5 Å². The van der Waals surface area contributed by atoms with Crippen LogP contribution in [0.5, 0.6) is 0 Å². The van der Waals surface area contributed by atoms with Gasteiger partial charge in [-0.3, -0.25) is 4.79 Å². The van der Waals surface area contributed by atoms with Gasteiger partial charge in [0.15, 0.2) is 0 Å². The highest BCUT2D eigenvalue weighted by Crippen LogP contribution is 2.33. The highest BCUT2D eigenvalue weighted by Gasteiger charge is 2.44. The van der Waals surface area contributed by atoms with Crippen LogP contribution in [0.4, 0.5) is 0 Å². The molecule has 1 N–H and O–H groups in total. The summed E-state index contributed by atoms with van der Waals surface area (Å²) in [5, 5.41) is 3.25. The molecule has 0 aromatic heterocycles. The molecule has 118 valence electrons. The number of hydrogen-bond donors (Lipinski definition) is 1. The third kappa shape index (κ3) is 3.73. The van der Waals surface area contributed by atoms with Crippen LogP contribution in [-0.4, -0.2) is 49.2 Å². The minimum atomic E-state index is -0.496. The van der Waals surface area contributed by atoms with Crippen molar-refractivity contribution < 1.29 is 9.53 Å². The maximum Gasteiger partial charge on any atom is 0.326 e. The molecule has 20 heavy (non-hydrogen) atoms. The third-order valence-corrected chi connectivity index (χ3v) is 5.05. The second kappa shape index (κ2) is 7.41. The van der Waals surface area contributed by atoms with Crippen LogP contribution in [0.3, 0.4) is 0 Å². The zero-order chi connectivity index (χ0) is 15.3. The van der Waals surface area contributed by atoms with Crippen LogP contribution in [0.25, 0.3) is 0 Å². The number of hydrogen-bond acceptors (Lipinski definition) is 4. The van der Waals surface area contributed by atoms with E-state index in [1.54, 1.807) is 0 Å². The van der Waals surface area contributed by atoms with Crippen LogP contribution in [0.1, 0.15) is 53.4 Å². The zero-order valence-corrected chi connectivity index (χ0v) is 14.0. The number of nitrogens with zero attached hydrogens (tertiary/aromatic N) is 1. The fraction of sp³-hybridized carbons (Fsp3) is 0.938. The van der Waals surface area contributed by atoms with Crippen LogP contribution in [-0.2, 0) is 9.53 Å². The number of esters is 1. The van der Waals surface area contributed by atoms with E-state index in [-0.39, 0.29) is 5.97 Å². The monoisotopic (exact) mass is 284 g/mol. The van der Waals surface area contributed by atoms with Crippen molar-refractivity contribution in [2.75, 3.05) is 20.7 Å². The normalized spacial score (nSPS) is 28.7. The first-order valence-corrected chi connectivity index (χ1v) is 7.96. The lowest BCUT2D eigenvalue weighted by Crippen LogP contribution is -2.58. The maximum absolute atomic E-state index is 12.3. The average Bonchev–Trinajstić information content (AvgIpc) is 2.45. The van der Waals surface area contributed by atoms with Crippen molar-refractivity contribution in [3.63, 3.8) is 0 Å². The Labute approximate surface area is 124 Å². The Morgan fingerprint density at radius 3 is 2.60 bits per heavy atom. The Bertz CT molecular complexity index is 320. The zero-order valence-electron chi connectivity index (χ0n) is 14.0. The highest BCUT2D eigenvalue weighted by atomic mass is 16.5. The summed E-state index contributed by atoms with van der Waals surface area (Å²) in [6.45, 7) is 9.09. The SMILES string of the molecule is CCOC(=O)C1(NC)CCCC(N(C)C(C)C(C)C)C1. The van der Waals surface area contributed by atoms with E-state index >= 15 is 0 Å². The van der Waals surface area contributed by atoms with E-state index < -0.39 is 5.54 Å². The summed E-state index contributed by atoms with van der Waals surface area (Å²) >= 11 is 0. The lowest BCUT2D eigenvalue weighted by molar-refractivity contribution is -0.153. The Morgan fingerprint density at radius 2 is 2.10 bits per heavy atom. The fourth-order valence-corrected chi connectivity index (χ4v) is 3.18. The summed E-state index contributed by atoms with van der Waals surface area (Å²) < 4.78 is 5.29. The molecular formula is C16H32N2O2. The van der Waals surface area contributed by atoms with E-state index in [2.05, 4.69) is 38.0 Å². The first-order valence-electron chi connectivity index (χ1n) is 7.96. The van der Waals surface area contributed by atoms with Gasteiger partial charge in [0, 0.05) is 12.1 Å². The molecule has 0 bridgehead atoms. The second-order valence-corrected chi connectivity index (χ2v) is 6.45. The minimum absolute atomic E-state index is 0.0854. The Kier molecular flexibility index (Phi) is 6.46. The largest absolute Gasteiger partial charge is 0.465 e. The number of carbonyl (C=O) groups is 1. The van der Waals surface area contributed by atoms with Crippen molar-refractivity contribution in [1.82, 2.24) is 10.2 Å². The molecule has 1 saturated carbocycles. The molecule has 4 nitrogen and oxygen atoms in total. The lowest BCUT2D eigenvalue weighted by Gasteiger charge is -2.44. The molecule has 4 heteroatoms. The van der Waals surface area contributed by atoms with Gasteiger partial charge >= 0.3 is 5.97 Å². The van der Waals surface area contributed by atoms with E-state index in [1.807, 2.05) is 14.0 Å². The van der Waals surface area contributed by atoms with Gasteiger partial charge in [0.05, 0.1) is 6.61 Å². The molecule has 1 fully saturated rings. The molecule has 0 aromatic carbocycles. The number of ether oxygens (including phenoxy) is 1. The minimum Gasteiger partial charge on any atom is -0.465 e. The smallest absolute Gasteiger partial charge is 0.326 e. The third-order valence-electron chi connectivity index (χ3n) is 5.05. The summed E-state index contributed by atoms with van der Waals surface area (Å²) in [5.74, 6) is 0.534. The number of nitrogens with one attached hydrogen (secondary N) is 1. The van der Waals surface area contributed by atoms with Gasteiger partial charge in [0.1, 0.15) is 5.54 Å². The van der Waals surface area contributed by atoms with Gasteiger partial charge < -0.3 is 15.0 Å². The topological polar surface area (TPSA) is 41.6 Å². The average molecular weight is 284 g/mol. The van der Waals surface area contributed by atoms with Gasteiger partial charge in [-0.25, -0.2) is 0 Å². The fourth-order valence-electron chi connectivity index (χ4n) is 3.18. The standard InChI is InChI=1S/C16H32N2O2/c1-7-20-15(19)16(17-5)10-8-9-14(11-16)18(6)13(4)12(2)3/h12-14,17H,7-11H2,1-6H3. The van der Waals surface area contributed by atoms with Crippen molar-refractivity contribution in [1.29, 1.82) is 0 Å². The van der Waals surface area contributed by atoms with E-state index in [0.717, 1.165) is 25.7 Å². The Balaban J connectivity index is 2.80. The van der Waals surface area contributed by atoms with E-state index in [1.165, 1.54) is 0 Å². The van der Waals surface area contributed by atoms with Gasteiger partial charge in [-0.2, -0.15) is 0 Å². The van der Waals surface area contributed by atoms with Crippen LogP contribution in [0.2, 0.25) is 0 Å². The van der Waals surface area contributed by atoms with Crippen molar-refractivity contribution >= 4 is 5.97 Å². The van der Waals surface area contributed by atoms with Crippen LogP contribution < -0.4 is 5.32 Å². The predicted octanol–water partition coefficient (Wildman–Crippen LogP) is 2.43. The molecular weight excluding hydrogens is 252 g/mol. The molecule has 1 rings (SSSR count). The molecule has 0 aromatic rings.